The molecule has 0 aromatic carbocycles. The van der Waals surface area contributed by atoms with E-state index < -0.39 is 0 Å². The lowest BCUT2D eigenvalue weighted by Gasteiger charge is -2.23. The first-order chi connectivity index (χ1) is 7.84. The number of carbonyl (C=O) groups excluding carboxylic acids is 1. The van der Waals surface area contributed by atoms with Crippen LogP contribution in [0.1, 0.15) is 6.42 Å². The van der Waals surface area contributed by atoms with E-state index in [2.05, 4.69) is 15.6 Å². The molecule has 1 fully saturated rings. The predicted octanol–water partition coefficient (Wildman–Crippen LogP) is 1.24. The van der Waals surface area contributed by atoms with Crippen LogP contribution in [0.2, 0.25) is 0 Å². The summed E-state index contributed by atoms with van der Waals surface area (Å²) in [5.74, 6) is -0.00537. The number of rotatable bonds is 3. The minimum atomic E-state index is -0.00537. The van der Waals surface area contributed by atoms with Crippen molar-refractivity contribution in [2.45, 2.75) is 12.5 Å². The van der Waals surface area contributed by atoms with Gasteiger partial charge in [0, 0.05) is 37.1 Å². The summed E-state index contributed by atoms with van der Waals surface area (Å²) in [4.78, 5) is 15.5. The first-order valence-corrected chi connectivity index (χ1v) is 5.35. The van der Waals surface area contributed by atoms with Crippen molar-refractivity contribution in [3.8, 4) is 0 Å². The predicted molar refractivity (Wildman–Crippen MR) is 74.6 cm³/mol. The zero-order chi connectivity index (χ0) is 11.2. The fraction of sp³-hybridized carbons (Fsp3) is 0.455. The SMILES string of the molecule is Cl.Cl.O=C(CC1COCCN1)Nc1ccncc1. The summed E-state index contributed by atoms with van der Waals surface area (Å²) in [6.45, 7) is 2.14. The van der Waals surface area contributed by atoms with Gasteiger partial charge in [-0.1, -0.05) is 0 Å². The van der Waals surface area contributed by atoms with Gasteiger partial charge in [0.05, 0.1) is 13.2 Å². The molecule has 2 heterocycles. The number of ether oxygens (including phenoxy) is 1. The Morgan fingerprint density at radius 2 is 2.17 bits per heavy atom. The molecule has 2 N–H and O–H groups in total. The number of morpholine rings is 1. The summed E-state index contributed by atoms with van der Waals surface area (Å²) in [6, 6.07) is 3.65. The van der Waals surface area contributed by atoms with E-state index in [0.717, 1.165) is 18.8 Å². The second-order valence-corrected chi connectivity index (χ2v) is 3.71. The number of hydrogen-bond donors (Lipinski definition) is 2. The van der Waals surface area contributed by atoms with Crippen LogP contribution in [-0.2, 0) is 9.53 Å². The number of hydrogen-bond acceptors (Lipinski definition) is 4. The van der Waals surface area contributed by atoms with E-state index in [-0.39, 0.29) is 36.8 Å². The standard InChI is InChI=1S/C11H15N3O2.2ClH/c15-11(7-10-8-16-6-5-13-10)14-9-1-3-12-4-2-9;;/h1-4,10,13H,5-8H2,(H,12,14,15);2*1H. The molecule has 1 aromatic rings. The van der Waals surface area contributed by atoms with Crippen LogP contribution in [0.25, 0.3) is 0 Å². The molecule has 1 unspecified atom stereocenters. The van der Waals surface area contributed by atoms with Crippen LogP contribution in [0.15, 0.2) is 24.5 Å². The van der Waals surface area contributed by atoms with Crippen LogP contribution in [0.4, 0.5) is 5.69 Å². The summed E-state index contributed by atoms with van der Waals surface area (Å²) in [6.07, 6.45) is 3.73. The van der Waals surface area contributed by atoms with Crippen LogP contribution < -0.4 is 10.6 Å². The van der Waals surface area contributed by atoms with Gasteiger partial charge < -0.3 is 15.4 Å². The molecule has 1 saturated heterocycles. The summed E-state index contributed by atoms with van der Waals surface area (Å²) in [7, 11) is 0. The molecule has 5 nitrogen and oxygen atoms in total. The van der Waals surface area contributed by atoms with Crippen LogP contribution in [0.3, 0.4) is 0 Å². The second kappa shape index (κ2) is 9.10. The van der Waals surface area contributed by atoms with Gasteiger partial charge in [-0.15, -0.1) is 24.8 Å². The molecule has 1 aliphatic rings. The van der Waals surface area contributed by atoms with Crippen molar-refractivity contribution in [3.63, 3.8) is 0 Å². The third kappa shape index (κ3) is 5.64. The van der Waals surface area contributed by atoms with Crippen LogP contribution >= 0.6 is 24.8 Å². The Hall–Kier alpha value is -0.880. The van der Waals surface area contributed by atoms with Gasteiger partial charge in [-0.25, -0.2) is 0 Å². The first kappa shape index (κ1) is 17.1. The summed E-state index contributed by atoms with van der Waals surface area (Å²) < 4.78 is 5.28. The van der Waals surface area contributed by atoms with E-state index in [1.807, 2.05) is 0 Å². The zero-order valence-electron chi connectivity index (χ0n) is 9.80. The Balaban J connectivity index is 0.00000144. The van der Waals surface area contributed by atoms with Gasteiger partial charge in [0.1, 0.15) is 0 Å². The Morgan fingerprint density at radius 3 is 2.78 bits per heavy atom. The molecule has 18 heavy (non-hydrogen) atoms. The fourth-order valence-electron chi connectivity index (χ4n) is 1.62. The van der Waals surface area contributed by atoms with Crippen LogP contribution in [-0.4, -0.2) is 36.7 Å². The quantitative estimate of drug-likeness (QED) is 0.880. The molecule has 1 amide bonds. The van der Waals surface area contributed by atoms with Crippen molar-refractivity contribution in [2.24, 2.45) is 0 Å². The average Bonchev–Trinajstić information content (AvgIpc) is 2.31. The fourth-order valence-corrected chi connectivity index (χ4v) is 1.62. The maximum absolute atomic E-state index is 11.7. The molecule has 0 radical (unpaired) electrons. The molecule has 0 bridgehead atoms. The number of nitrogens with zero attached hydrogens (tertiary/aromatic N) is 1. The number of carbonyl (C=O) groups is 1. The lowest BCUT2D eigenvalue weighted by atomic mass is 10.2. The summed E-state index contributed by atoms with van der Waals surface area (Å²) >= 11 is 0. The van der Waals surface area contributed by atoms with Gasteiger partial charge in [-0.2, -0.15) is 0 Å². The molecule has 0 saturated carbocycles. The van der Waals surface area contributed by atoms with Crippen molar-refractivity contribution < 1.29 is 9.53 Å². The zero-order valence-corrected chi connectivity index (χ0v) is 11.4. The Bertz CT molecular complexity index is 345. The highest BCUT2D eigenvalue weighted by molar-refractivity contribution is 5.90. The number of aromatic nitrogens is 1. The van der Waals surface area contributed by atoms with Gasteiger partial charge in [0.25, 0.3) is 0 Å². The average molecular weight is 294 g/mol. The minimum absolute atomic E-state index is 0. The molecular formula is C11H17Cl2N3O2. The number of nitrogens with one attached hydrogen (secondary N) is 2. The lowest BCUT2D eigenvalue weighted by molar-refractivity contribution is -0.117. The summed E-state index contributed by atoms with van der Waals surface area (Å²) in [5.41, 5.74) is 0.775. The molecule has 1 aliphatic heterocycles. The number of anilines is 1. The van der Waals surface area contributed by atoms with Gasteiger partial charge in [-0.05, 0) is 12.1 Å². The maximum atomic E-state index is 11.7. The molecule has 0 spiro atoms. The van der Waals surface area contributed by atoms with E-state index in [4.69, 9.17) is 4.74 Å². The molecule has 7 heteroatoms. The van der Waals surface area contributed by atoms with E-state index in [1.165, 1.54) is 0 Å². The Labute approximate surface area is 119 Å². The largest absolute Gasteiger partial charge is 0.378 e. The van der Waals surface area contributed by atoms with Crippen molar-refractivity contribution in [1.29, 1.82) is 0 Å². The summed E-state index contributed by atoms with van der Waals surface area (Å²) in [5, 5.41) is 6.05. The number of pyridine rings is 1. The Kier molecular flexibility index (Phi) is 8.66. The van der Waals surface area contributed by atoms with Gasteiger partial charge in [-0.3, -0.25) is 9.78 Å². The first-order valence-electron chi connectivity index (χ1n) is 5.35. The smallest absolute Gasteiger partial charge is 0.226 e. The molecule has 0 aliphatic carbocycles. The van der Waals surface area contributed by atoms with Gasteiger partial charge in [0.2, 0.25) is 5.91 Å². The van der Waals surface area contributed by atoms with Crippen molar-refractivity contribution in [2.75, 3.05) is 25.1 Å². The van der Waals surface area contributed by atoms with Crippen LogP contribution in [0.5, 0.6) is 0 Å². The highest BCUT2D eigenvalue weighted by atomic mass is 35.5. The number of halogens is 2. The minimum Gasteiger partial charge on any atom is -0.378 e. The van der Waals surface area contributed by atoms with Crippen molar-refractivity contribution >= 4 is 36.4 Å². The van der Waals surface area contributed by atoms with Crippen molar-refractivity contribution in [1.82, 2.24) is 10.3 Å². The second-order valence-electron chi connectivity index (χ2n) is 3.71. The van der Waals surface area contributed by atoms with Crippen molar-refractivity contribution in [3.05, 3.63) is 24.5 Å². The lowest BCUT2D eigenvalue weighted by Crippen LogP contribution is -2.43. The van der Waals surface area contributed by atoms with E-state index in [0.29, 0.717) is 13.0 Å². The molecule has 1 aromatic heterocycles. The topological polar surface area (TPSA) is 63.2 Å². The third-order valence-electron chi connectivity index (χ3n) is 2.39. The molecule has 2 rings (SSSR count). The molecule has 102 valence electrons. The third-order valence-corrected chi connectivity index (χ3v) is 2.39. The molecular weight excluding hydrogens is 277 g/mol. The Morgan fingerprint density at radius 1 is 1.44 bits per heavy atom. The van der Waals surface area contributed by atoms with E-state index in [9.17, 15) is 4.79 Å². The highest BCUT2D eigenvalue weighted by Crippen LogP contribution is 2.05. The monoisotopic (exact) mass is 293 g/mol. The normalized spacial score (nSPS) is 18.1. The highest BCUT2D eigenvalue weighted by Gasteiger charge is 2.16. The van der Waals surface area contributed by atoms with Crippen LogP contribution in [0, 0.1) is 0 Å². The molecule has 1 atom stereocenters. The van der Waals surface area contributed by atoms with Gasteiger partial charge in [0.15, 0.2) is 0 Å². The van der Waals surface area contributed by atoms with Gasteiger partial charge >= 0.3 is 0 Å². The van der Waals surface area contributed by atoms with E-state index >= 15 is 0 Å². The van der Waals surface area contributed by atoms with E-state index in [1.54, 1.807) is 24.5 Å². The number of amides is 1. The maximum Gasteiger partial charge on any atom is 0.226 e.